The molecule has 1 aliphatic carbocycles. The average Bonchev–Trinajstić information content (AvgIpc) is 2.54. The van der Waals surface area contributed by atoms with Crippen molar-refractivity contribution in [3.05, 3.63) is 39.9 Å². The summed E-state index contributed by atoms with van der Waals surface area (Å²) in [5.74, 6) is 0.123. The van der Waals surface area contributed by atoms with E-state index < -0.39 is 21.2 Å². The quantitative estimate of drug-likeness (QED) is 0.612. The van der Waals surface area contributed by atoms with Crippen LogP contribution in [0.5, 0.6) is 0 Å². The number of benzene rings is 1. The van der Waals surface area contributed by atoms with Crippen molar-refractivity contribution in [1.82, 2.24) is 4.31 Å². The van der Waals surface area contributed by atoms with Crippen LogP contribution in [0.15, 0.2) is 29.2 Å². The second kappa shape index (κ2) is 6.68. The largest absolute Gasteiger partial charge is 0.309 e. The second-order valence-electron chi connectivity index (χ2n) is 6.69. The maximum Gasteiger partial charge on any atom is 0.294 e. The summed E-state index contributed by atoms with van der Waals surface area (Å²) in [7, 11) is -3.69. The molecule has 0 spiro atoms. The summed E-state index contributed by atoms with van der Waals surface area (Å²) in [6.45, 7) is 1.94. The van der Waals surface area contributed by atoms with E-state index in [0.29, 0.717) is 6.42 Å². The predicted octanol–water partition coefficient (Wildman–Crippen LogP) is 2.53. The minimum atomic E-state index is -3.69. The Morgan fingerprint density at radius 2 is 1.88 bits per heavy atom. The van der Waals surface area contributed by atoms with E-state index in [1.165, 1.54) is 4.31 Å². The first-order valence-electron chi connectivity index (χ1n) is 8.27. The van der Waals surface area contributed by atoms with Crippen LogP contribution in [0.1, 0.15) is 37.7 Å². The van der Waals surface area contributed by atoms with E-state index in [1.807, 2.05) is 6.92 Å². The normalized spacial score (nSPS) is 28.1. The molecule has 8 heteroatoms. The van der Waals surface area contributed by atoms with Gasteiger partial charge in [-0.2, -0.15) is 4.31 Å². The average molecular weight is 354 g/mol. The van der Waals surface area contributed by atoms with Crippen LogP contribution in [0, 0.1) is 23.0 Å². The van der Waals surface area contributed by atoms with Gasteiger partial charge in [0.1, 0.15) is 6.10 Å². The van der Waals surface area contributed by atoms with Crippen LogP contribution in [-0.4, -0.2) is 36.5 Å². The van der Waals surface area contributed by atoms with Gasteiger partial charge >= 0.3 is 0 Å². The summed E-state index contributed by atoms with van der Waals surface area (Å²) >= 11 is 0. The summed E-state index contributed by atoms with van der Waals surface area (Å²) in [5.41, 5.74) is 0.984. The molecule has 1 aromatic rings. The topological polar surface area (TPSA) is 89.8 Å². The van der Waals surface area contributed by atoms with Crippen LogP contribution in [0.3, 0.4) is 0 Å². The van der Waals surface area contributed by atoms with Gasteiger partial charge < -0.3 is 4.84 Å². The number of sulfonamides is 1. The Bertz CT molecular complexity index is 704. The summed E-state index contributed by atoms with van der Waals surface area (Å²) in [6, 6.07) is 6.64. The Morgan fingerprint density at radius 1 is 1.21 bits per heavy atom. The second-order valence-corrected chi connectivity index (χ2v) is 8.58. The third-order valence-electron chi connectivity index (χ3n) is 5.05. The lowest BCUT2D eigenvalue weighted by Gasteiger charge is -2.45. The highest BCUT2D eigenvalue weighted by Crippen LogP contribution is 2.39. The Kier molecular flexibility index (Phi) is 4.78. The number of fused-ring (bicyclic) bond motifs is 1. The molecule has 1 saturated carbocycles. The molecule has 0 amide bonds. The van der Waals surface area contributed by atoms with Gasteiger partial charge in [0.15, 0.2) is 0 Å². The van der Waals surface area contributed by atoms with Gasteiger partial charge in [-0.25, -0.2) is 8.42 Å². The molecule has 0 N–H and O–H groups in total. The molecule has 0 radical (unpaired) electrons. The number of piperidine rings is 1. The van der Waals surface area contributed by atoms with Crippen molar-refractivity contribution in [2.45, 2.75) is 56.1 Å². The minimum Gasteiger partial charge on any atom is -0.309 e. The third-order valence-corrected chi connectivity index (χ3v) is 6.96. The number of nitrogens with zero attached hydrogens (tertiary/aromatic N) is 2. The molecule has 24 heavy (non-hydrogen) atoms. The third kappa shape index (κ3) is 3.39. The highest BCUT2D eigenvalue weighted by molar-refractivity contribution is 7.89. The zero-order chi connectivity index (χ0) is 17.3. The van der Waals surface area contributed by atoms with Crippen LogP contribution < -0.4 is 0 Å². The van der Waals surface area contributed by atoms with E-state index in [-0.39, 0.29) is 23.4 Å². The zero-order valence-electron chi connectivity index (χ0n) is 13.6. The molecule has 1 aromatic carbocycles. The molecule has 3 rings (SSSR count). The van der Waals surface area contributed by atoms with E-state index >= 15 is 0 Å². The van der Waals surface area contributed by atoms with Crippen LogP contribution in [0.25, 0.3) is 0 Å². The lowest BCUT2D eigenvalue weighted by Crippen LogP contribution is -2.54. The predicted molar refractivity (Wildman–Crippen MR) is 87.3 cm³/mol. The first kappa shape index (κ1) is 17.2. The molecule has 2 fully saturated rings. The van der Waals surface area contributed by atoms with E-state index in [2.05, 4.69) is 0 Å². The fraction of sp³-hybridized carbons (Fsp3) is 0.625. The fourth-order valence-electron chi connectivity index (χ4n) is 3.91. The molecule has 132 valence electrons. The van der Waals surface area contributed by atoms with Crippen LogP contribution in [-0.2, 0) is 14.9 Å². The van der Waals surface area contributed by atoms with Crippen molar-refractivity contribution in [2.75, 3.05) is 6.54 Å². The maximum atomic E-state index is 13.1. The number of rotatable bonds is 4. The first-order valence-corrected chi connectivity index (χ1v) is 9.71. The molecule has 1 saturated heterocycles. The van der Waals surface area contributed by atoms with Crippen molar-refractivity contribution >= 4 is 10.0 Å². The monoisotopic (exact) mass is 354 g/mol. The van der Waals surface area contributed by atoms with Crippen molar-refractivity contribution in [3.8, 4) is 0 Å². The lowest BCUT2D eigenvalue weighted by atomic mass is 9.79. The zero-order valence-corrected chi connectivity index (χ0v) is 14.4. The molecular formula is C16H22N2O5S. The number of aryl methyl sites for hydroxylation is 1. The van der Waals surface area contributed by atoms with E-state index in [9.17, 15) is 18.5 Å². The SMILES string of the molecule is Cc1ccc(S(=O)(=O)N2CC(O[N+](=O)[O-])C[C@H]3CCCC[C@@H]32)cc1. The van der Waals surface area contributed by atoms with Gasteiger partial charge in [-0.05, 0) is 44.2 Å². The van der Waals surface area contributed by atoms with E-state index in [4.69, 9.17) is 4.84 Å². The summed E-state index contributed by atoms with van der Waals surface area (Å²) in [4.78, 5) is 15.7. The van der Waals surface area contributed by atoms with E-state index in [0.717, 1.165) is 31.2 Å². The minimum absolute atomic E-state index is 0.0400. The first-order chi connectivity index (χ1) is 11.4. The van der Waals surface area contributed by atoms with Gasteiger partial charge in [-0.1, -0.05) is 30.5 Å². The number of hydrogen-bond donors (Lipinski definition) is 0. The van der Waals surface area contributed by atoms with Gasteiger partial charge in [-0.15, -0.1) is 10.1 Å². The van der Waals surface area contributed by atoms with Crippen molar-refractivity contribution < 1.29 is 18.3 Å². The van der Waals surface area contributed by atoms with Gasteiger partial charge in [0, 0.05) is 12.6 Å². The standard InChI is InChI=1S/C16H22N2O5S/c1-12-6-8-15(9-7-12)24(21,22)17-11-14(23-18(19)20)10-13-4-2-3-5-16(13)17/h6-9,13-14,16H,2-5,10-11H2,1H3/t13-,14?,16+/m1/s1. The van der Waals surface area contributed by atoms with Crippen LogP contribution in [0.2, 0.25) is 0 Å². The van der Waals surface area contributed by atoms with Gasteiger partial charge in [-0.3, -0.25) is 0 Å². The lowest BCUT2D eigenvalue weighted by molar-refractivity contribution is -0.769. The Balaban J connectivity index is 1.92. The van der Waals surface area contributed by atoms with Crippen LogP contribution >= 0.6 is 0 Å². The molecule has 0 aromatic heterocycles. The van der Waals surface area contributed by atoms with Gasteiger partial charge in [0.2, 0.25) is 10.0 Å². The van der Waals surface area contributed by atoms with Crippen molar-refractivity contribution in [3.63, 3.8) is 0 Å². The molecular weight excluding hydrogens is 332 g/mol. The molecule has 1 heterocycles. The molecule has 0 bridgehead atoms. The maximum absolute atomic E-state index is 13.1. The van der Waals surface area contributed by atoms with Gasteiger partial charge in [0.05, 0.1) is 4.90 Å². The molecule has 2 aliphatic rings. The van der Waals surface area contributed by atoms with Crippen molar-refractivity contribution in [2.24, 2.45) is 5.92 Å². The fourth-order valence-corrected chi connectivity index (χ4v) is 5.66. The Labute approximate surface area is 141 Å². The number of hydrogen-bond acceptors (Lipinski definition) is 5. The smallest absolute Gasteiger partial charge is 0.294 e. The van der Waals surface area contributed by atoms with Gasteiger partial charge in [0.25, 0.3) is 5.09 Å². The molecule has 1 aliphatic heterocycles. The van der Waals surface area contributed by atoms with Crippen LogP contribution in [0.4, 0.5) is 0 Å². The highest BCUT2D eigenvalue weighted by atomic mass is 32.2. The summed E-state index contributed by atoms with van der Waals surface area (Å²) in [6.07, 6.45) is 3.57. The molecule has 1 unspecified atom stereocenters. The van der Waals surface area contributed by atoms with E-state index in [1.54, 1.807) is 24.3 Å². The van der Waals surface area contributed by atoms with Crippen molar-refractivity contribution in [1.29, 1.82) is 0 Å². The molecule has 3 atom stereocenters. The Hall–Kier alpha value is -1.67. The summed E-state index contributed by atoms with van der Waals surface area (Å²) in [5, 5.41) is 9.89. The molecule has 7 nitrogen and oxygen atoms in total. The summed E-state index contributed by atoms with van der Waals surface area (Å²) < 4.78 is 27.6. The Morgan fingerprint density at radius 3 is 2.54 bits per heavy atom. The highest BCUT2D eigenvalue weighted by Gasteiger charge is 2.44.